The zero-order chi connectivity index (χ0) is 12.6. The molecule has 1 saturated heterocycles. The van der Waals surface area contributed by atoms with Crippen LogP contribution in [-0.2, 0) is 4.74 Å². The highest BCUT2D eigenvalue weighted by Gasteiger charge is 2.38. The van der Waals surface area contributed by atoms with E-state index in [1.54, 1.807) is 11.8 Å². The van der Waals surface area contributed by atoms with Gasteiger partial charge in [0.25, 0.3) is 0 Å². The van der Waals surface area contributed by atoms with E-state index in [1.807, 2.05) is 27.7 Å². The predicted octanol–water partition coefficient (Wildman–Crippen LogP) is 2.01. The molecule has 1 fully saturated rings. The Bertz CT molecular complexity index is 268. The van der Waals surface area contributed by atoms with E-state index in [1.165, 1.54) is 0 Å². The summed E-state index contributed by atoms with van der Waals surface area (Å²) in [4.78, 5) is 13.4. The quantitative estimate of drug-likeness (QED) is 0.691. The van der Waals surface area contributed by atoms with Gasteiger partial charge in [0.15, 0.2) is 0 Å². The van der Waals surface area contributed by atoms with Gasteiger partial charge in [-0.2, -0.15) is 0 Å². The van der Waals surface area contributed by atoms with Crippen molar-refractivity contribution in [3.8, 4) is 0 Å². The van der Waals surface area contributed by atoms with Crippen molar-refractivity contribution >= 4 is 6.09 Å². The van der Waals surface area contributed by atoms with Crippen LogP contribution in [0, 0.1) is 5.92 Å². The molecule has 0 radical (unpaired) electrons. The molecule has 0 unspecified atom stereocenters. The maximum atomic E-state index is 11.8. The summed E-state index contributed by atoms with van der Waals surface area (Å²) in [6.45, 7) is 10.3. The summed E-state index contributed by atoms with van der Waals surface area (Å²) in [5.74, 6) is 0.214. The first-order valence-corrected chi connectivity index (χ1v) is 5.82. The molecule has 1 heterocycles. The topological polar surface area (TPSA) is 49.8 Å². The Hall–Kier alpha value is -0.770. The Morgan fingerprint density at radius 3 is 2.50 bits per heavy atom. The molecule has 0 aromatic rings. The van der Waals surface area contributed by atoms with Gasteiger partial charge in [-0.15, -0.1) is 0 Å². The molecule has 0 bridgehead atoms. The maximum absolute atomic E-state index is 11.8. The van der Waals surface area contributed by atoms with Crippen molar-refractivity contribution in [2.24, 2.45) is 5.92 Å². The number of rotatable bonds is 0. The predicted molar refractivity (Wildman–Crippen MR) is 62.2 cm³/mol. The van der Waals surface area contributed by atoms with Crippen molar-refractivity contribution < 1.29 is 14.6 Å². The summed E-state index contributed by atoms with van der Waals surface area (Å²) in [5, 5.41) is 10.1. The molecule has 0 spiro atoms. The molecule has 4 nitrogen and oxygen atoms in total. The van der Waals surface area contributed by atoms with Crippen molar-refractivity contribution in [1.29, 1.82) is 0 Å². The lowest BCUT2D eigenvalue weighted by Gasteiger charge is -2.41. The number of hydrogen-bond acceptors (Lipinski definition) is 3. The summed E-state index contributed by atoms with van der Waals surface area (Å²) in [7, 11) is 0. The van der Waals surface area contributed by atoms with Gasteiger partial charge in [0.2, 0.25) is 0 Å². The fraction of sp³-hybridized carbons (Fsp3) is 0.917. The Labute approximate surface area is 97.6 Å². The maximum Gasteiger partial charge on any atom is 0.410 e. The van der Waals surface area contributed by atoms with Gasteiger partial charge in [-0.3, -0.25) is 0 Å². The van der Waals surface area contributed by atoms with Crippen LogP contribution in [0.25, 0.3) is 0 Å². The number of carbonyl (C=O) groups is 1. The number of aliphatic hydroxyl groups is 1. The molecular formula is C12H23NO3. The number of amides is 1. The Balaban J connectivity index is 2.60. The van der Waals surface area contributed by atoms with E-state index in [0.717, 1.165) is 6.42 Å². The first kappa shape index (κ1) is 13.3. The molecule has 1 N–H and O–H groups in total. The molecule has 2 atom stereocenters. The highest BCUT2D eigenvalue weighted by Crippen LogP contribution is 2.27. The Morgan fingerprint density at radius 2 is 2.06 bits per heavy atom. The van der Waals surface area contributed by atoms with Crippen LogP contribution in [0.15, 0.2) is 0 Å². The second kappa shape index (κ2) is 4.24. The monoisotopic (exact) mass is 229 g/mol. The molecule has 1 rings (SSSR count). The fourth-order valence-corrected chi connectivity index (χ4v) is 1.76. The van der Waals surface area contributed by atoms with Crippen LogP contribution in [0.4, 0.5) is 4.79 Å². The molecule has 0 saturated carbocycles. The number of ether oxygens (including phenoxy) is 1. The molecule has 0 aliphatic carbocycles. The second-order valence-corrected chi connectivity index (χ2v) is 5.95. The zero-order valence-electron chi connectivity index (χ0n) is 10.9. The summed E-state index contributed by atoms with van der Waals surface area (Å²) in [6.07, 6.45) is 0.478. The minimum Gasteiger partial charge on any atom is -0.444 e. The first-order valence-electron chi connectivity index (χ1n) is 5.82. The van der Waals surface area contributed by atoms with E-state index in [2.05, 4.69) is 0 Å². The molecular weight excluding hydrogens is 206 g/mol. The number of piperidine rings is 1. The van der Waals surface area contributed by atoms with Crippen LogP contribution in [0.2, 0.25) is 0 Å². The van der Waals surface area contributed by atoms with E-state index in [0.29, 0.717) is 13.1 Å². The number of carbonyl (C=O) groups excluding carboxylic acids is 1. The first-order chi connectivity index (χ1) is 7.12. The zero-order valence-corrected chi connectivity index (χ0v) is 10.9. The number of likely N-dealkylation sites (tertiary alicyclic amines) is 1. The van der Waals surface area contributed by atoms with Gasteiger partial charge >= 0.3 is 6.09 Å². The fourth-order valence-electron chi connectivity index (χ4n) is 1.76. The minimum atomic E-state index is -0.810. The van der Waals surface area contributed by atoms with Gasteiger partial charge in [-0.05, 0) is 40.0 Å². The average Bonchev–Trinajstić information content (AvgIpc) is 2.06. The van der Waals surface area contributed by atoms with Gasteiger partial charge in [0.1, 0.15) is 5.60 Å². The number of β-amino-alcohol motifs (C(OH)–C–C–N with tert-alkyl or cyclic N) is 1. The normalized spacial score (nSPS) is 31.4. The second-order valence-electron chi connectivity index (χ2n) is 5.95. The van der Waals surface area contributed by atoms with Gasteiger partial charge < -0.3 is 14.7 Å². The van der Waals surface area contributed by atoms with Crippen molar-refractivity contribution in [3.05, 3.63) is 0 Å². The Kier molecular flexibility index (Phi) is 3.53. The van der Waals surface area contributed by atoms with Crippen LogP contribution in [0.3, 0.4) is 0 Å². The highest BCUT2D eigenvalue weighted by molar-refractivity contribution is 5.68. The van der Waals surface area contributed by atoms with Crippen LogP contribution in [0.5, 0.6) is 0 Å². The average molecular weight is 229 g/mol. The number of nitrogens with zero attached hydrogens (tertiary/aromatic N) is 1. The smallest absolute Gasteiger partial charge is 0.410 e. The molecule has 1 aliphatic rings. The molecule has 4 heteroatoms. The third-order valence-electron chi connectivity index (χ3n) is 3.06. The van der Waals surface area contributed by atoms with E-state index < -0.39 is 11.2 Å². The SMILES string of the molecule is C[C@@H]1CCN(C(=O)OC(C)(C)C)C[C@]1(C)O. The Morgan fingerprint density at radius 1 is 1.50 bits per heavy atom. The molecule has 1 amide bonds. The summed E-state index contributed by atoms with van der Waals surface area (Å²) >= 11 is 0. The third kappa shape index (κ3) is 3.37. The number of hydrogen-bond donors (Lipinski definition) is 1. The molecule has 1 aliphatic heterocycles. The van der Waals surface area contributed by atoms with Crippen molar-refractivity contribution in [3.63, 3.8) is 0 Å². The lowest BCUT2D eigenvalue weighted by Crippen LogP contribution is -2.53. The standard InChI is InChI=1S/C12H23NO3/c1-9-6-7-13(8-12(9,5)15)10(14)16-11(2,3)4/h9,15H,6-8H2,1-5H3/t9-,12+/m1/s1. The van der Waals surface area contributed by atoms with Crippen LogP contribution < -0.4 is 0 Å². The van der Waals surface area contributed by atoms with Gasteiger partial charge in [0, 0.05) is 6.54 Å². The van der Waals surface area contributed by atoms with Crippen molar-refractivity contribution in [1.82, 2.24) is 4.90 Å². The van der Waals surface area contributed by atoms with Crippen molar-refractivity contribution in [2.45, 2.75) is 52.2 Å². The van der Waals surface area contributed by atoms with Crippen LogP contribution in [0.1, 0.15) is 41.0 Å². The summed E-state index contributed by atoms with van der Waals surface area (Å²) < 4.78 is 5.28. The van der Waals surface area contributed by atoms with E-state index in [4.69, 9.17) is 4.74 Å². The largest absolute Gasteiger partial charge is 0.444 e. The molecule has 0 aromatic carbocycles. The van der Waals surface area contributed by atoms with Crippen LogP contribution >= 0.6 is 0 Å². The van der Waals surface area contributed by atoms with E-state index in [-0.39, 0.29) is 12.0 Å². The van der Waals surface area contributed by atoms with Gasteiger partial charge in [0.05, 0.1) is 12.1 Å². The van der Waals surface area contributed by atoms with E-state index in [9.17, 15) is 9.90 Å². The molecule has 0 aromatic heterocycles. The molecule has 94 valence electrons. The highest BCUT2D eigenvalue weighted by atomic mass is 16.6. The van der Waals surface area contributed by atoms with Gasteiger partial charge in [-0.1, -0.05) is 6.92 Å². The van der Waals surface area contributed by atoms with Crippen molar-refractivity contribution in [2.75, 3.05) is 13.1 Å². The lowest BCUT2D eigenvalue weighted by molar-refractivity contribution is -0.0625. The van der Waals surface area contributed by atoms with E-state index >= 15 is 0 Å². The third-order valence-corrected chi connectivity index (χ3v) is 3.06. The lowest BCUT2D eigenvalue weighted by atomic mass is 9.84. The minimum absolute atomic E-state index is 0.214. The van der Waals surface area contributed by atoms with Gasteiger partial charge in [-0.25, -0.2) is 4.79 Å². The van der Waals surface area contributed by atoms with Crippen LogP contribution in [-0.4, -0.2) is 40.4 Å². The summed E-state index contributed by atoms with van der Waals surface area (Å²) in [5.41, 5.74) is -1.29. The summed E-state index contributed by atoms with van der Waals surface area (Å²) in [6, 6.07) is 0. The molecule has 16 heavy (non-hydrogen) atoms.